The van der Waals surface area contributed by atoms with E-state index >= 15 is 0 Å². The van der Waals surface area contributed by atoms with Crippen molar-refractivity contribution in [3.05, 3.63) is 60.8 Å². The van der Waals surface area contributed by atoms with E-state index in [2.05, 4.69) is 74.7 Å². The van der Waals surface area contributed by atoms with Gasteiger partial charge in [-0.25, -0.2) is 0 Å². The molecule has 1 aliphatic rings. The standard InChI is InChI=1S/C80H147NO10/c1-4-7-10-13-16-19-22-25-27-29-31-33-35-36-37-39-40-42-44-46-49-52-55-58-61-64-67-73(84)79(88)81-71(72(83)66-63-60-57-54-51-48-24-21-18-15-12-9-6-3)70-89-80-78(77(87)76(86)74(69-82)90-80)91-75(85)68-65-62-59-56-53-50-47-45-43-41-38-34-32-30-28-26-23-20-17-14-11-8-5-2/h17,20,25-28,32,34,63,66,71-74,76-78,80,82-84,86-87H,4-16,18-19,21-24,29-31,33,35-62,64-65,67-70H2,1-3H3,(H,81,88)/b20-17-,27-25+,28-26-,34-32-,66-63+. The third-order valence-electron chi connectivity index (χ3n) is 18.4. The molecule has 6 N–H and O–H groups in total. The van der Waals surface area contributed by atoms with Crippen LogP contribution in [0.3, 0.4) is 0 Å². The van der Waals surface area contributed by atoms with Crippen molar-refractivity contribution in [2.24, 2.45) is 0 Å². The Kier molecular flexibility index (Phi) is 63.9. The molecule has 1 aliphatic heterocycles. The third-order valence-corrected chi connectivity index (χ3v) is 18.4. The summed E-state index contributed by atoms with van der Waals surface area (Å²) in [6, 6.07) is -1.03. The number of unbranched alkanes of at least 4 members (excludes halogenated alkanes) is 46. The second kappa shape index (κ2) is 67.3. The number of nitrogens with one attached hydrogen (secondary N) is 1. The van der Waals surface area contributed by atoms with Crippen LogP contribution >= 0.6 is 0 Å². The fourth-order valence-electron chi connectivity index (χ4n) is 12.2. The van der Waals surface area contributed by atoms with Gasteiger partial charge in [-0.3, -0.25) is 9.59 Å². The van der Waals surface area contributed by atoms with Crippen molar-refractivity contribution in [3.63, 3.8) is 0 Å². The van der Waals surface area contributed by atoms with E-state index in [0.29, 0.717) is 19.3 Å². The average molecular weight is 1280 g/mol. The first-order valence-corrected chi connectivity index (χ1v) is 39.1. The summed E-state index contributed by atoms with van der Waals surface area (Å²) in [6.45, 7) is 5.82. The van der Waals surface area contributed by atoms with Crippen LogP contribution < -0.4 is 5.32 Å². The maximum absolute atomic E-state index is 13.5. The summed E-state index contributed by atoms with van der Waals surface area (Å²) in [6.07, 6.45) is 76.9. The Morgan fingerprint density at radius 3 is 1.16 bits per heavy atom. The summed E-state index contributed by atoms with van der Waals surface area (Å²) in [5.74, 6) is -1.18. The highest BCUT2D eigenvalue weighted by molar-refractivity contribution is 5.80. The number of carbonyl (C=O) groups excluding carboxylic acids is 2. The second-order valence-corrected chi connectivity index (χ2v) is 27.1. The Morgan fingerprint density at radius 1 is 0.429 bits per heavy atom. The highest BCUT2D eigenvalue weighted by atomic mass is 16.7. The van der Waals surface area contributed by atoms with Gasteiger partial charge in [0, 0.05) is 6.42 Å². The van der Waals surface area contributed by atoms with Crippen molar-refractivity contribution >= 4 is 11.9 Å². The van der Waals surface area contributed by atoms with Crippen molar-refractivity contribution in [3.8, 4) is 0 Å². The van der Waals surface area contributed by atoms with Crippen LogP contribution in [0.4, 0.5) is 0 Å². The predicted molar refractivity (Wildman–Crippen MR) is 384 cm³/mol. The number of ether oxygens (including phenoxy) is 3. The van der Waals surface area contributed by atoms with Gasteiger partial charge in [0.25, 0.3) is 0 Å². The number of aliphatic hydroxyl groups excluding tert-OH is 5. The predicted octanol–water partition coefficient (Wildman–Crippen LogP) is 20.9. The molecule has 532 valence electrons. The van der Waals surface area contributed by atoms with Gasteiger partial charge in [-0.2, -0.15) is 0 Å². The van der Waals surface area contributed by atoms with E-state index in [1.807, 2.05) is 6.08 Å². The Morgan fingerprint density at radius 2 is 0.758 bits per heavy atom. The molecule has 8 unspecified atom stereocenters. The fraction of sp³-hybridized carbons (Fsp3) is 0.850. The van der Waals surface area contributed by atoms with E-state index in [1.165, 1.54) is 250 Å². The van der Waals surface area contributed by atoms with Crippen LogP contribution in [-0.2, 0) is 23.8 Å². The molecule has 0 aliphatic carbocycles. The summed E-state index contributed by atoms with van der Waals surface area (Å²) >= 11 is 0. The van der Waals surface area contributed by atoms with E-state index < -0.39 is 67.4 Å². The van der Waals surface area contributed by atoms with Crippen LogP contribution in [0.1, 0.15) is 374 Å². The van der Waals surface area contributed by atoms with Crippen LogP contribution in [0.25, 0.3) is 0 Å². The lowest BCUT2D eigenvalue weighted by molar-refractivity contribution is -0.305. The highest BCUT2D eigenvalue weighted by Crippen LogP contribution is 2.27. The lowest BCUT2D eigenvalue weighted by Gasteiger charge is -2.41. The molecule has 8 atom stereocenters. The molecule has 0 saturated carbocycles. The van der Waals surface area contributed by atoms with Crippen LogP contribution in [0.2, 0.25) is 0 Å². The minimum absolute atomic E-state index is 0.120. The number of rotatable bonds is 68. The summed E-state index contributed by atoms with van der Waals surface area (Å²) in [5.41, 5.74) is 0. The molecule has 1 saturated heterocycles. The molecule has 1 rings (SSSR count). The van der Waals surface area contributed by atoms with E-state index in [9.17, 15) is 35.1 Å². The second-order valence-electron chi connectivity index (χ2n) is 27.1. The zero-order valence-corrected chi connectivity index (χ0v) is 59.5. The minimum Gasteiger partial charge on any atom is -0.454 e. The zero-order chi connectivity index (χ0) is 66.0. The monoisotopic (exact) mass is 1280 g/mol. The Balaban J connectivity index is 2.53. The summed E-state index contributed by atoms with van der Waals surface area (Å²) in [7, 11) is 0. The Labute approximate surface area is 560 Å². The number of hydrogen-bond donors (Lipinski definition) is 6. The molecule has 0 bridgehead atoms. The quantitative estimate of drug-likeness (QED) is 0.0195. The zero-order valence-electron chi connectivity index (χ0n) is 59.5. The van der Waals surface area contributed by atoms with Crippen LogP contribution in [0.5, 0.6) is 0 Å². The van der Waals surface area contributed by atoms with Crippen molar-refractivity contribution in [2.45, 2.75) is 423 Å². The SMILES string of the molecule is CCCCC/C=C\C/C=C\C/C=C\CCCCCCCCCCCCC(=O)OC1C(OCC(NC(=O)C(O)CCCCCCCCCCCCCCCCCC/C=C/CCCCCCCC)C(O)/C=C/CCCCCCCCCCCCC)OC(CO)C(O)C1O. The van der Waals surface area contributed by atoms with Crippen molar-refractivity contribution in [1.82, 2.24) is 5.32 Å². The van der Waals surface area contributed by atoms with Gasteiger partial charge in [-0.1, -0.05) is 338 Å². The van der Waals surface area contributed by atoms with E-state index in [4.69, 9.17) is 14.2 Å². The fourth-order valence-corrected chi connectivity index (χ4v) is 12.2. The largest absolute Gasteiger partial charge is 0.454 e. The number of amides is 1. The lowest BCUT2D eigenvalue weighted by Crippen LogP contribution is -2.61. The molecule has 1 fully saturated rings. The number of esters is 1. The van der Waals surface area contributed by atoms with Gasteiger partial charge in [-0.05, 0) is 89.9 Å². The van der Waals surface area contributed by atoms with Gasteiger partial charge >= 0.3 is 5.97 Å². The van der Waals surface area contributed by atoms with Gasteiger partial charge in [0.05, 0.1) is 25.4 Å². The Hall–Kier alpha value is -2.64. The molecule has 0 radical (unpaired) electrons. The van der Waals surface area contributed by atoms with E-state index in [1.54, 1.807) is 6.08 Å². The lowest BCUT2D eigenvalue weighted by atomic mass is 9.99. The topological polar surface area (TPSA) is 175 Å². The van der Waals surface area contributed by atoms with Crippen LogP contribution in [0, 0.1) is 0 Å². The number of hydrogen-bond acceptors (Lipinski definition) is 10. The van der Waals surface area contributed by atoms with Crippen LogP contribution in [-0.4, -0.2) is 99.6 Å². The highest BCUT2D eigenvalue weighted by Gasteiger charge is 2.47. The third kappa shape index (κ3) is 54.2. The maximum Gasteiger partial charge on any atom is 0.306 e. The normalized spacial score (nSPS) is 18.3. The molecular formula is C80H147NO10. The molecule has 0 aromatic carbocycles. The van der Waals surface area contributed by atoms with Crippen molar-refractivity contribution in [2.75, 3.05) is 13.2 Å². The summed E-state index contributed by atoms with van der Waals surface area (Å²) in [4.78, 5) is 26.8. The Bertz CT molecular complexity index is 1720. The number of allylic oxidation sites excluding steroid dienone is 9. The molecule has 0 aromatic heterocycles. The van der Waals surface area contributed by atoms with Gasteiger partial charge in [0.15, 0.2) is 12.4 Å². The number of carbonyl (C=O) groups is 2. The smallest absolute Gasteiger partial charge is 0.306 e. The molecule has 0 spiro atoms. The first kappa shape index (κ1) is 86.4. The maximum atomic E-state index is 13.5. The van der Waals surface area contributed by atoms with E-state index in [0.717, 1.165) is 77.0 Å². The minimum atomic E-state index is -1.62. The molecule has 11 nitrogen and oxygen atoms in total. The first-order valence-electron chi connectivity index (χ1n) is 39.1. The van der Waals surface area contributed by atoms with Gasteiger partial charge in [0.2, 0.25) is 5.91 Å². The molecule has 11 heteroatoms. The molecular weight excluding hydrogens is 1130 g/mol. The number of aliphatic hydroxyl groups is 5. The van der Waals surface area contributed by atoms with E-state index in [-0.39, 0.29) is 13.0 Å². The van der Waals surface area contributed by atoms with Gasteiger partial charge < -0.3 is 45.1 Å². The first-order chi connectivity index (χ1) is 44.7. The average Bonchev–Trinajstić information content (AvgIpc) is 1.01. The van der Waals surface area contributed by atoms with Gasteiger partial charge in [0.1, 0.15) is 24.4 Å². The molecule has 0 aromatic rings. The van der Waals surface area contributed by atoms with Crippen LogP contribution in [0.15, 0.2) is 60.8 Å². The van der Waals surface area contributed by atoms with Crippen molar-refractivity contribution in [1.29, 1.82) is 0 Å². The molecule has 91 heavy (non-hydrogen) atoms. The summed E-state index contributed by atoms with van der Waals surface area (Å²) in [5, 5.41) is 57.4. The van der Waals surface area contributed by atoms with Crippen molar-refractivity contribution < 1.29 is 49.3 Å². The molecule has 1 amide bonds. The summed E-state index contributed by atoms with van der Waals surface area (Å²) < 4.78 is 17.7. The molecule has 1 heterocycles. The van der Waals surface area contributed by atoms with Gasteiger partial charge in [-0.15, -0.1) is 0 Å².